The van der Waals surface area contributed by atoms with E-state index in [4.69, 9.17) is 4.74 Å². The molecule has 0 heterocycles. The quantitative estimate of drug-likeness (QED) is 0.422. The number of rotatable bonds is 9. The summed E-state index contributed by atoms with van der Waals surface area (Å²) >= 11 is 0. The Kier molecular flexibility index (Phi) is 7.84. The van der Waals surface area contributed by atoms with Crippen molar-refractivity contribution in [3.05, 3.63) is 83.7 Å². The van der Waals surface area contributed by atoms with Gasteiger partial charge in [-0.15, -0.1) is 0 Å². The highest BCUT2D eigenvalue weighted by Crippen LogP contribution is 2.28. The molecule has 0 bridgehead atoms. The van der Waals surface area contributed by atoms with Gasteiger partial charge in [0.1, 0.15) is 0 Å². The molecule has 132 valence electrons. The summed E-state index contributed by atoms with van der Waals surface area (Å²) in [6.07, 6.45) is 6.36. The fraction of sp³-hybridized carbons (Fsp3) is 0.304. The molecule has 2 nitrogen and oxygen atoms in total. The van der Waals surface area contributed by atoms with E-state index in [0.29, 0.717) is 0 Å². The first-order chi connectivity index (χ1) is 12.3. The Morgan fingerprint density at radius 1 is 0.880 bits per heavy atom. The van der Waals surface area contributed by atoms with Crippen LogP contribution in [0.4, 0.5) is 0 Å². The van der Waals surface area contributed by atoms with Gasteiger partial charge in [0, 0.05) is 24.4 Å². The first-order valence-corrected chi connectivity index (χ1v) is 9.10. The molecule has 0 aliphatic rings. The predicted molar refractivity (Wildman–Crippen MR) is 108 cm³/mol. The Morgan fingerprint density at radius 2 is 1.44 bits per heavy atom. The molecular weight excluding hydrogens is 306 g/mol. The molecule has 0 amide bonds. The molecule has 0 fully saturated rings. The van der Waals surface area contributed by atoms with Crippen LogP contribution in [0.3, 0.4) is 0 Å². The van der Waals surface area contributed by atoms with Crippen LogP contribution in [0.1, 0.15) is 37.8 Å². The standard InChI is InChI=1S/C23H29NO/c1-4-16-24(17-5-2)23(18-20-12-8-6-9-13-20)22(19-25-3)21-14-10-7-11-15-21/h6-15,18-19H,4-5,16-17H2,1-3H3. The van der Waals surface area contributed by atoms with Crippen molar-refractivity contribution in [1.29, 1.82) is 0 Å². The van der Waals surface area contributed by atoms with Crippen molar-refractivity contribution in [2.24, 2.45) is 0 Å². The molecule has 0 N–H and O–H groups in total. The van der Waals surface area contributed by atoms with E-state index in [9.17, 15) is 0 Å². The Bertz CT molecular complexity index is 668. The minimum atomic E-state index is 1.03. The van der Waals surface area contributed by atoms with Gasteiger partial charge in [0.15, 0.2) is 0 Å². The molecule has 0 atom stereocenters. The van der Waals surface area contributed by atoms with Crippen LogP contribution in [0.5, 0.6) is 0 Å². The minimum Gasteiger partial charge on any atom is -0.504 e. The molecule has 2 aromatic carbocycles. The number of methoxy groups -OCH3 is 1. The summed E-state index contributed by atoms with van der Waals surface area (Å²) in [6, 6.07) is 21.0. The van der Waals surface area contributed by atoms with Crippen LogP contribution in [0.25, 0.3) is 11.6 Å². The topological polar surface area (TPSA) is 12.5 Å². The molecule has 2 aromatic rings. The maximum atomic E-state index is 5.45. The molecule has 2 rings (SSSR count). The molecule has 0 aliphatic carbocycles. The predicted octanol–water partition coefficient (Wildman–Crippen LogP) is 5.84. The highest BCUT2D eigenvalue weighted by molar-refractivity contribution is 5.83. The van der Waals surface area contributed by atoms with Crippen LogP contribution in [0.2, 0.25) is 0 Å². The number of ether oxygens (including phenoxy) is 1. The monoisotopic (exact) mass is 335 g/mol. The van der Waals surface area contributed by atoms with Gasteiger partial charge in [0.25, 0.3) is 0 Å². The van der Waals surface area contributed by atoms with E-state index in [0.717, 1.165) is 31.5 Å². The van der Waals surface area contributed by atoms with Crippen LogP contribution in [0, 0.1) is 0 Å². The zero-order valence-corrected chi connectivity index (χ0v) is 15.6. The molecule has 0 saturated heterocycles. The van der Waals surface area contributed by atoms with Gasteiger partial charge in [0.05, 0.1) is 13.4 Å². The summed E-state index contributed by atoms with van der Waals surface area (Å²) in [5, 5.41) is 0. The van der Waals surface area contributed by atoms with E-state index >= 15 is 0 Å². The molecule has 0 aliphatic heterocycles. The summed E-state index contributed by atoms with van der Waals surface area (Å²) in [7, 11) is 1.72. The van der Waals surface area contributed by atoms with Gasteiger partial charge >= 0.3 is 0 Å². The van der Waals surface area contributed by atoms with Crippen molar-refractivity contribution in [2.45, 2.75) is 26.7 Å². The molecule has 2 heteroatoms. The summed E-state index contributed by atoms with van der Waals surface area (Å²) < 4.78 is 5.45. The lowest BCUT2D eigenvalue weighted by Crippen LogP contribution is -2.25. The lowest BCUT2D eigenvalue weighted by molar-refractivity contribution is 0.332. The van der Waals surface area contributed by atoms with Gasteiger partial charge in [-0.2, -0.15) is 0 Å². The van der Waals surface area contributed by atoms with Crippen molar-refractivity contribution in [3.63, 3.8) is 0 Å². The number of allylic oxidation sites excluding steroid dienone is 1. The van der Waals surface area contributed by atoms with E-state index in [-0.39, 0.29) is 0 Å². The summed E-state index contributed by atoms with van der Waals surface area (Å²) in [4.78, 5) is 2.46. The van der Waals surface area contributed by atoms with Crippen LogP contribution >= 0.6 is 0 Å². The largest absolute Gasteiger partial charge is 0.504 e. The SMILES string of the molecule is CCCN(CCC)C(=Cc1ccccc1)C(=COC)c1ccccc1. The molecule has 0 radical (unpaired) electrons. The number of benzene rings is 2. The average Bonchev–Trinajstić information content (AvgIpc) is 2.66. The van der Waals surface area contributed by atoms with Crippen LogP contribution in [-0.2, 0) is 4.74 Å². The molecular formula is C23H29NO. The number of hydrogen-bond donors (Lipinski definition) is 0. The third kappa shape index (κ3) is 5.53. The highest BCUT2D eigenvalue weighted by atomic mass is 16.5. The van der Waals surface area contributed by atoms with Gasteiger partial charge in [-0.05, 0) is 30.0 Å². The number of hydrogen-bond acceptors (Lipinski definition) is 2. The van der Waals surface area contributed by atoms with Crippen molar-refractivity contribution in [1.82, 2.24) is 4.90 Å². The lowest BCUT2D eigenvalue weighted by Gasteiger charge is -2.29. The number of nitrogens with zero attached hydrogens (tertiary/aromatic N) is 1. The van der Waals surface area contributed by atoms with Crippen molar-refractivity contribution >= 4 is 11.6 Å². The summed E-state index contributed by atoms with van der Waals surface area (Å²) in [6.45, 7) is 6.51. The Hall–Kier alpha value is -2.48. The Morgan fingerprint density at radius 3 is 1.96 bits per heavy atom. The van der Waals surface area contributed by atoms with Gasteiger partial charge in [-0.1, -0.05) is 74.5 Å². The Labute approximate surface area is 152 Å². The molecule has 0 spiro atoms. The smallest absolute Gasteiger partial charge is 0.0923 e. The van der Waals surface area contributed by atoms with Crippen LogP contribution in [-0.4, -0.2) is 25.1 Å². The lowest BCUT2D eigenvalue weighted by atomic mass is 10.0. The normalized spacial score (nSPS) is 12.1. The van der Waals surface area contributed by atoms with Crippen LogP contribution in [0.15, 0.2) is 72.6 Å². The van der Waals surface area contributed by atoms with Crippen molar-refractivity contribution in [3.8, 4) is 0 Å². The second kappa shape index (κ2) is 10.4. The van der Waals surface area contributed by atoms with Gasteiger partial charge in [-0.25, -0.2) is 0 Å². The first-order valence-electron chi connectivity index (χ1n) is 9.10. The zero-order valence-electron chi connectivity index (χ0n) is 15.6. The Balaban J connectivity index is 2.55. The third-order valence-electron chi connectivity index (χ3n) is 4.03. The van der Waals surface area contributed by atoms with E-state index in [1.165, 1.54) is 16.8 Å². The van der Waals surface area contributed by atoms with E-state index in [1.54, 1.807) is 7.11 Å². The van der Waals surface area contributed by atoms with Crippen LogP contribution < -0.4 is 0 Å². The second-order valence-electron chi connectivity index (χ2n) is 6.06. The average molecular weight is 335 g/mol. The first kappa shape index (κ1) is 18.9. The van der Waals surface area contributed by atoms with Gasteiger partial charge in [0.2, 0.25) is 0 Å². The molecule has 25 heavy (non-hydrogen) atoms. The van der Waals surface area contributed by atoms with Gasteiger partial charge < -0.3 is 9.64 Å². The summed E-state index contributed by atoms with van der Waals surface area (Å²) in [5.74, 6) is 0. The maximum Gasteiger partial charge on any atom is 0.0923 e. The van der Waals surface area contributed by atoms with Gasteiger partial charge in [-0.3, -0.25) is 0 Å². The fourth-order valence-electron chi connectivity index (χ4n) is 2.95. The molecule has 0 aromatic heterocycles. The minimum absolute atomic E-state index is 1.03. The fourth-order valence-corrected chi connectivity index (χ4v) is 2.95. The zero-order chi connectivity index (χ0) is 17.9. The molecule has 0 unspecified atom stereocenters. The van der Waals surface area contributed by atoms with E-state index < -0.39 is 0 Å². The highest BCUT2D eigenvalue weighted by Gasteiger charge is 2.15. The third-order valence-corrected chi connectivity index (χ3v) is 4.03. The van der Waals surface area contributed by atoms with E-state index in [2.05, 4.69) is 79.4 Å². The van der Waals surface area contributed by atoms with Crippen molar-refractivity contribution < 1.29 is 4.74 Å². The maximum absolute atomic E-state index is 5.45. The van der Waals surface area contributed by atoms with Crippen molar-refractivity contribution in [2.75, 3.05) is 20.2 Å². The summed E-state index contributed by atoms with van der Waals surface area (Å²) in [5.41, 5.74) is 4.70. The van der Waals surface area contributed by atoms with E-state index in [1.807, 2.05) is 12.3 Å². The second-order valence-corrected chi connectivity index (χ2v) is 6.06. The molecule has 0 saturated carbocycles.